The molecule has 1 heterocycles. The molecule has 4 nitrogen and oxygen atoms in total. The zero-order chi connectivity index (χ0) is 19.0. The molecule has 0 aliphatic rings. The van der Waals surface area contributed by atoms with Gasteiger partial charge in [0.15, 0.2) is 0 Å². The Labute approximate surface area is 143 Å². The summed E-state index contributed by atoms with van der Waals surface area (Å²) >= 11 is 0. The largest absolute Gasteiger partial charge is 0.419 e. The van der Waals surface area contributed by atoms with E-state index >= 15 is 0 Å². The zero-order valence-electron chi connectivity index (χ0n) is 13.0. The van der Waals surface area contributed by atoms with E-state index in [1.807, 2.05) is 0 Å². The van der Waals surface area contributed by atoms with Crippen molar-refractivity contribution in [3.8, 4) is 5.75 Å². The van der Waals surface area contributed by atoms with Crippen molar-refractivity contribution >= 4 is 16.9 Å². The second-order valence-electron chi connectivity index (χ2n) is 5.49. The first-order chi connectivity index (χ1) is 12.3. The van der Waals surface area contributed by atoms with Gasteiger partial charge in [0.2, 0.25) is 34.8 Å². The van der Waals surface area contributed by atoms with Crippen molar-refractivity contribution in [1.29, 1.82) is 0 Å². The van der Waals surface area contributed by atoms with Gasteiger partial charge in [-0.15, -0.1) is 0 Å². The fraction of sp³-hybridized carbons (Fsp3) is 0.118. The van der Waals surface area contributed by atoms with Crippen molar-refractivity contribution in [2.75, 3.05) is 0 Å². The summed E-state index contributed by atoms with van der Waals surface area (Å²) in [4.78, 5) is 14.9. The molecule has 26 heavy (non-hydrogen) atoms. The quantitative estimate of drug-likeness (QED) is 0.243. The number of ether oxygens (including phenoxy) is 1. The van der Waals surface area contributed by atoms with Crippen molar-refractivity contribution in [1.82, 2.24) is 4.98 Å². The number of para-hydroxylation sites is 1. The summed E-state index contributed by atoms with van der Waals surface area (Å²) in [7, 11) is 0. The molecular formula is C17H11F5N2O2. The molecule has 3 N–H and O–H groups in total. The van der Waals surface area contributed by atoms with Crippen LogP contribution in [0.1, 0.15) is 5.56 Å². The molecule has 0 bridgehead atoms. The highest BCUT2D eigenvalue weighted by Gasteiger charge is 2.30. The molecule has 9 heteroatoms. The molecule has 0 saturated carbocycles. The first-order valence-electron chi connectivity index (χ1n) is 7.35. The number of fused-ring (bicyclic) bond motifs is 1. The summed E-state index contributed by atoms with van der Waals surface area (Å²) in [6.45, 7) is 0. The van der Waals surface area contributed by atoms with Gasteiger partial charge in [-0.25, -0.2) is 18.0 Å². The molecule has 3 rings (SSSR count). The second-order valence-corrected chi connectivity index (χ2v) is 5.49. The summed E-state index contributed by atoms with van der Waals surface area (Å²) in [5.41, 5.74) is 7.07. The van der Waals surface area contributed by atoms with Crippen LogP contribution < -0.4 is 10.5 Å². The average molecular weight is 370 g/mol. The van der Waals surface area contributed by atoms with E-state index in [0.29, 0.717) is 5.56 Å². The highest BCUT2D eigenvalue weighted by molar-refractivity contribution is 5.85. The van der Waals surface area contributed by atoms with Crippen LogP contribution in [0.25, 0.3) is 10.9 Å². The minimum absolute atomic E-state index is 0.0712. The first-order valence-corrected chi connectivity index (χ1v) is 7.35. The van der Waals surface area contributed by atoms with Crippen molar-refractivity contribution in [2.45, 2.75) is 12.5 Å². The van der Waals surface area contributed by atoms with E-state index in [2.05, 4.69) is 9.72 Å². The van der Waals surface area contributed by atoms with Gasteiger partial charge >= 0.3 is 5.97 Å². The topological polar surface area (TPSA) is 68.1 Å². The van der Waals surface area contributed by atoms with E-state index < -0.39 is 46.8 Å². The summed E-state index contributed by atoms with van der Waals surface area (Å²) < 4.78 is 70.8. The highest BCUT2D eigenvalue weighted by Crippen LogP contribution is 2.29. The molecule has 0 aliphatic heterocycles. The van der Waals surface area contributed by atoms with Gasteiger partial charge in [-0.3, -0.25) is 0 Å². The van der Waals surface area contributed by atoms with Gasteiger partial charge in [0.1, 0.15) is 6.04 Å². The molecule has 3 aromatic rings. The van der Waals surface area contributed by atoms with Gasteiger partial charge < -0.3 is 15.5 Å². The number of benzene rings is 2. The number of halogens is 5. The van der Waals surface area contributed by atoms with Crippen LogP contribution in [0.5, 0.6) is 5.75 Å². The van der Waals surface area contributed by atoms with Gasteiger partial charge in [0, 0.05) is 23.5 Å². The predicted octanol–water partition coefficient (Wildman–Crippen LogP) is 3.34. The fourth-order valence-electron chi connectivity index (χ4n) is 2.47. The minimum Gasteiger partial charge on any atom is -0.419 e. The summed E-state index contributed by atoms with van der Waals surface area (Å²) in [6.07, 6.45) is 1.52. The number of hydrogen-bond donors (Lipinski definition) is 2. The van der Waals surface area contributed by atoms with Crippen LogP contribution >= 0.6 is 0 Å². The molecular weight excluding hydrogens is 359 g/mol. The third-order valence-electron chi connectivity index (χ3n) is 3.79. The number of nitrogens with one attached hydrogen (secondary N) is 1. The van der Waals surface area contributed by atoms with Crippen LogP contribution in [0, 0.1) is 29.1 Å². The Hall–Kier alpha value is -2.94. The maximum absolute atomic E-state index is 13.6. The van der Waals surface area contributed by atoms with E-state index in [4.69, 9.17) is 5.73 Å². The van der Waals surface area contributed by atoms with Crippen molar-refractivity contribution in [3.63, 3.8) is 0 Å². The number of carbonyl (C=O) groups is 1. The van der Waals surface area contributed by atoms with E-state index in [1.165, 1.54) is 0 Å². The monoisotopic (exact) mass is 370 g/mol. The molecule has 0 saturated heterocycles. The molecule has 0 radical (unpaired) electrons. The number of nitrogens with two attached hydrogens (primary N) is 1. The standard InChI is InChI=1S/C17H11F5N2O2/c18-11-12(19)14(21)16(15(22)13(11)20)26-17(25)9(23)5-7-6-24-10-4-2-1-3-8(7)10/h1-4,6,9,24H,5,23H2. The smallest absolute Gasteiger partial charge is 0.328 e. The van der Waals surface area contributed by atoms with E-state index in [-0.39, 0.29) is 6.42 Å². The van der Waals surface area contributed by atoms with Crippen LogP contribution in [0.4, 0.5) is 22.0 Å². The highest BCUT2D eigenvalue weighted by atomic mass is 19.2. The van der Waals surface area contributed by atoms with Gasteiger partial charge in [-0.2, -0.15) is 8.78 Å². The first kappa shape index (κ1) is 17.9. The molecule has 136 valence electrons. The van der Waals surface area contributed by atoms with Crippen LogP contribution in [0.3, 0.4) is 0 Å². The van der Waals surface area contributed by atoms with Gasteiger partial charge in [0.05, 0.1) is 0 Å². The Bertz CT molecular complexity index is 973. The Balaban J connectivity index is 1.82. The van der Waals surface area contributed by atoms with E-state index in [1.54, 1.807) is 30.5 Å². The van der Waals surface area contributed by atoms with Crippen LogP contribution in [-0.4, -0.2) is 17.0 Å². The third kappa shape index (κ3) is 3.01. The Morgan fingerprint density at radius 2 is 1.58 bits per heavy atom. The number of carbonyl (C=O) groups excluding carboxylic acids is 1. The summed E-state index contributed by atoms with van der Waals surface area (Å²) in [6, 6.07) is 5.73. The fourth-order valence-corrected chi connectivity index (χ4v) is 2.47. The maximum Gasteiger partial charge on any atom is 0.328 e. The molecule has 2 aromatic carbocycles. The molecule has 0 aliphatic carbocycles. The average Bonchev–Trinajstić information content (AvgIpc) is 3.04. The lowest BCUT2D eigenvalue weighted by molar-refractivity contribution is -0.136. The number of aromatic amines is 1. The van der Waals surface area contributed by atoms with E-state index in [0.717, 1.165) is 10.9 Å². The molecule has 0 fully saturated rings. The van der Waals surface area contributed by atoms with Crippen molar-refractivity contribution in [2.24, 2.45) is 5.73 Å². The van der Waals surface area contributed by atoms with Gasteiger partial charge in [-0.05, 0) is 11.6 Å². The number of esters is 1. The lowest BCUT2D eigenvalue weighted by atomic mass is 10.1. The number of rotatable bonds is 4. The summed E-state index contributed by atoms with van der Waals surface area (Å²) in [5, 5.41) is 0.770. The summed E-state index contributed by atoms with van der Waals surface area (Å²) in [5.74, 6) is -14.3. The Morgan fingerprint density at radius 3 is 2.23 bits per heavy atom. The molecule has 0 spiro atoms. The van der Waals surface area contributed by atoms with Gasteiger partial charge in [0.25, 0.3) is 0 Å². The van der Waals surface area contributed by atoms with Crippen LogP contribution in [-0.2, 0) is 11.2 Å². The predicted molar refractivity (Wildman–Crippen MR) is 81.8 cm³/mol. The number of aromatic nitrogens is 1. The number of hydrogen-bond acceptors (Lipinski definition) is 3. The van der Waals surface area contributed by atoms with Crippen LogP contribution in [0.2, 0.25) is 0 Å². The Kier molecular flexibility index (Phi) is 4.64. The number of H-pyrrole nitrogens is 1. The normalized spacial score (nSPS) is 12.4. The lowest BCUT2D eigenvalue weighted by Gasteiger charge is -2.13. The molecule has 1 atom stereocenters. The molecule has 0 amide bonds. The van der Waals surface area contributed by atoms with Crippen LogP contribution in [0.15, 0.2) is 30.5 Å². The zero-order valence-corrected chi connectivity index (χ0v) is 13.0. The Morgan fingerprint density at radius 1 is 1.00 bits per heavy atom. The van der Waals surface area contributed by atoms with E-state index in [9.17, 15) is 26.7 Å². The second kappa shape index (κ2) is 6.75. The maximum atomic E-state index is 13.6. The van der Waals surface area contributed by atoms with Gasteiger partial charge in [-0.1, -0.05) is 18.2 Å². The lowest BCUT2D eigenvalue weighted by Crippen LogP contribution is -2.36. The molecule has 1 aromatic heterocycles. The van der Waals surface area contributed by atoms with Crippen molar-refractivity contribution in [3.05, 3.63) is 65.1 Å². The minimum atomic E-state index is -2.34. The molecule has 1 unspecified atom stereocenters. The SMILES string of the molecule is NC(Cc1c[nH]c2ccccc12)C(=O)Oc1c(F)c(F)c(F)c(F)c1F. The van der Waals surface area contributed by atoms with Crippen molar-refractivity contribution < 1.29 is 31.5 Å². The third-order valence-corrected chi connectivity index (χ3v) is 3.79.